The molecule has 2 unspecified atom stereocenters. The molecular weight excluding hydrogens is 288 g/mol. The number of likely N-dealkylation sites (tertiary alicyclic amines) is 1. The highest BCUT2D eigenvalue weighted by Crippen LogP contribution is 2.30. The molecule has 3 amide bonds. The van der Waals surface area contributed by atoms with Gasteiger partial charge in [0.1, 0.15) is 5.60 Å². The van der Waals surface area contributed by atoms with Crippen molar-refractivity contribution in [2.75, 3.05) is 13.1 Å². The number of hydrogen-bond acceptors (Lipinski definition) is 5. The van der Waals surface area contributed by atoms with Crippen molar-refractivity contribution >= 4 is 17.9 Å². The Morgan fingerprint density at radius 2 is 2.05 bits per heavy atom. The number of nitrogens with zero attached hydrogens (tertiary/aromatic N) is 2. The molecule has 2 heterocycles. The Kier molecular flexibility index (Phi) is 4.75. The molecule has 22 heavy (non-hydrogen) atoms. The molecule has 0 aromatic heterocycles. The average molecular weight is 312 g/mol. The molecule has 2 saturated heterocycles. The van der Waals surface area contributed by atoms with Gasteiger partial charge in [0.2, 0.25) is 0 Å². The zero-order valence-electron chi connectivity index (χ0n) is 13.4. The van der Waals surface area contributed by atoms with Gasteiger partial charge < -0.3 is 9.64 Å². The molecule has 1 N–H and O–H groups in total. The van der Waals surface area contributed by atoms with Crippen molar-refractivity contribution in [1.29, 1.82) is 0 Å². The van der Waals surface area contributed by atoms with E-state index in [1.165, 1.54) is 0 Å². The van der Waals surface area contributed by atoms with Crippen LogP contribution in [-0.4, -0.2) is 51.8 Å². The lowest BCUT2D eigenvalue weighted by molar-refractivity contribution is -0.172. The number of carbonyl (C=O) groups excluding carboxylic acids is 3. The fourth-order valence-corrected chi connectivity index (χ4v) is 3.02. The summed E-state index contributed by atoms with van der Waals surface area (Å²) in [7, 11) is 0. The molecule has 2 fully saturated rings. The molecule has 124 valence electrons. The minimum Gasteiger partial charge on any atom is -0.444 e. The van der Waals surface area contributed by atoms with E-state index in [-0.39, 0.29) is 23.5 Å². The van der Waals surface area contributed by atoms with Crippen molar-refractivity contribution in [2.24, 2.45) is 11.8 Å². The summed E-state index contributed by atoms with van der Waals surface area (Å²) in [4.78, 5) is 36.8. The Morgan fingerprint density at radius 1 is 1.36 bits per heavy atom. The van der Waals surface area contributed by atoms with Crippen LogP contribution in [0.25, 0.3) is 0 Å². The Labute approximate surface area is 130 Å². The predicted octanol–water partition coefficient (Wildman–Crippen LogP) is 1.79. The number of rotatable bonds is 2. The molecule has 7 heteroatoms. The first-order valence-corrected chi connectivity index (χ1v) is 7.71. The molecular formula is C15H24N2O5. The first-order valence-electron chi connectivity index (χ1n) is 7.71. The van der Waals surface area contributed by atoms with Crippen LogP contribution in [0.2, 0.25) is 0 Å². The van der Waals surface area contributed by atoms with E-state index in [9.17, 15) is 19.6 Å². The van der Waals surface area contributed by atoms with Crippen LogP contribution in [0.1, 0.15) is 46.5 Å². The van der Waals surface area contributed by atoms with Crippen LogP contribution in [0.5, 0.6) is 0 Å². The lowest BCUT2D eigenvalue weighted by Gasteiger charge is -2.34. The summed E-state index contributed by atoms with van der Waals surface area (Å²) in [5.41, 5.74) is -0.532. The summed E-state index contributed by atoms with van der Waals surface area (Å²) < 4.78 is 5.37. The number of hydrogen-bond donors (Lipinski definition) is 1. The molecule has 2 aliphatic rings. The number of carbonyl (C=O) groups is 3. The SMILES string of the molecule is CC(C)(C)OC(=O)N1CCCC(CC2CC(=O)N(O)C2=O)C1. The van der Waals surface area contributed by atoms with Crippen LogP contribution >= 0.6 is 0 Å². The third-order valence-electron chi connectivity index (χ3n) is 4.00. The molecule has 0 aliphatic carbocycles. The summed E-state index contributed by atoms with van der Waals surface area (Å²) in [6.07, 6.45) is 1.98. The molecule has 0 aromatic carbocycles. The van der Waals surface area contributed by atoms with Crippen molar-refractivity contribution in [3.05, 3.63) is 0 Å². The predicted molar refractivity (Wildman–Crippen MR) is 76.9 cm³/mol. The van der Waals surface area contributed by atoms with Gasteiger partial charge in [-0.25, -0.2) is 4.79 Å². The highest BCUT2D eigenvalue weighted by Gasteiger charge is 2.40. The summed E-state index contributed by atoms with van der Waals surface area (Å²) in [5.74, 6) is -1.40. The second kappa shape index (κ2) is 6.24. The van der Waals surface area contributed by atoms with Gasteiger partial charge in [0.05, 0.1) is 0 Å². The van der Waals surface area contributed by atoms with E-state index in [1.807, 2.05) is 20.8 Å². The molecule has 2 rings (SSSR count). The van der Waals surface area contributed by atoms with Gasteiger partial charge >= 0.3 is 6.09 Å². The average Bonchev–Trinajstić information content (AvgIpc) is 2.65. The fraction of sp³-hybridized carbons (Fsp3) is 0.800. The van der Waals surface area contributed by atoms with Gasteiger partial charge in [-0.2, -0.15) is 5.06 Å². The summed E-state index contributed by atoms with van der Waals surface area (Å²) in [6, 6.07) is 0. The molecule has 2 atom stereocenters. The van der Waals surface area contributed by atoms with Gasteiger partial charge in [0, 0.05) is 25.4 Å². The lowest BCUT2D eigenvalue weighted by atomic mass is 9.87. The summed E-state index contributed by atoms with van der Waals surface area (Å²) in [6.45, 7) is 6.65. The number of amides is 3. The maximum Gasteiger partial charge on any atom is 0.410 e. The van der Waals surface area contributed by atoms with E-state index < -0.39 is 23.3 Å². The van der Waals surface area contributed by atoms with Gasteiger partial charge in [0.15, 0.2) is 0 Å². The zero-order chi connectivity index (χ0) is 16.5. The van der Waals surface area contributed by atoms with E-state index in [4.69, 9.17) is 4.74 Å². The number of piperidine rings is 1. The number of hydroxylamine groups is 2. The second-order valence-corrected chi connectivity index (χ2v) is 7.12. The molecule has 0 spiro atoms. The Bertz CT molecular complexity index is 471. The summed E-state index contributed by atoms with van der Waals surface area (Å²) in [5, 5.41) is 9.50. The van der Waals surface area contributed by atoms with Gasteiger partial charge in [-0.15, -0.1) is 0 Å². The monoisotopic (exact) mass is 312 g/mol. The van der Waals surface area contributed by atoms with Crippen LogP contribution < -0.4 is 0 Å². The standard InChI is InChI=1S/C15H24N2O5/c1-15(2,3)22-14(20)16-6-4-5-10(9-16)7-11-8-12(18)17(21)13(11)19/h10-11,21H,4-9H2,1-3H3. The van der Waals surface area contributed by atoms with Gasteiger partial charge in [-0.3, -0.25) is 14.8 Å². The fourth-order valence-electron chi connectivity index (χ4n) is 3.02. The maximum absolute atomic E-state index is 12.1. The smallest absolute Gasteiger partial charge is 0.410 e. The van der Waals surface area contributed by atoms with E-state index in [2.05, 4.69) is 0 Å². The second-order valence-electron chi connectivity index (χ2n) is 7.12. The lowest BCUT2D eigenvalue weighted by Crippen LogP contribution is -2.43. The third-order valence-corrected chi connectivity index (χ3v) is 4.00. The van der Waals surface area contributed by atoms with Gasteiger partial charge in [0.25, 0.3) is 11.8 Å². The normalized spacial score (nSPS) is 26.5. The van der Waals surface area contributed by atoms with E-state index >= 15 is 0 Å². The quantitative estimate of drug-likeness (QED) is 0.620. The van der Waals surface area contributed by atoms with Crippen molar-refractivity contribution in [3.8, 4) is 0 Å². The van der Waals surface area contributed by atoms with Gasteiger partial charge in [-0.1, -0.05) is 0 Å². The van der Waals surface area contributed by atoms with Crippen LogP contribution in [-0.2, 0) is 14.3 Å². The van der Waals surface area contributed by atoms with Crippen molar-refractivity contribution < 1.29 is 24.3 Å². The minimum atomic E-state index is -0.546. The topological polar surface area (TPSA) is 87.2 Å². The first kappa shape index (κ1) is 16.7. The Balaban J connectivity index is 1.90. The highest BCUT2D eigenvalue weighted by atomic mass is 16.6. The molecule has 0 radical (unpaired) electrons. The van der Waals surface area contributed by atoms with Crippen molar-refractivity contribution in [1.82, 2.24) is 9.96 Å². The Morgan fingerprint density at radius 3 is 2.59 bits per heavy atom. The van der Waals surface area contributed by atoms with Crippen LogP contribution in [0.3, 0.4) is 0 Å². The molecule has 2 aliphatic heterocycles. The Hall–Kier alpha value is -1.63. The molecule has 0 bridgehead atoms. The van der Waals surface area contributed by atoms with Gasteiger partial charge in [-0.05, 0) is 46.0 Å². The van der Waals surface area contributed by atoms with E-state index in [0.29, 0.717) is 19.5 Å². The largest absolute Gasteiger partial charge is 0.444 e. The van der Waals surface area contributed by atoms with Crippen LogP contribution in [0.15, 0.2) is 0 Å². The van der Waals surface area contributed by atoms with Crippen LogP contribution in [0, 0.1) is 11.8 Å². The zero-order valence-corrected chi connectivity index (χ0v) is 13.4. The number of ether oxygens (including phenoxy) is 1. The van der Waals surface area contributed by atoms with Crippen molar-refractivity contribution in [3.63, 3.8) is 0 Å². The van der Waals surface area contributed by atoms with E-state index in [1.54, 1.807) is 4.90 Å². The van der Waals surface area contributed by atoms with Crippen LogP contribution in [0.4, 0.5) is 4.79 Å². The minimum absolute atomic E-state index is 0.0538. The number of imide groups is 1. The summed E-state index contributed by atoms with van der Waals surface area (Å²) >= 11 is 0. The first-order chi connectivity index (χ1) is 10.2. The van der Waals surface area contributed by atoms with Crippen molar-refractivity contribution in [2.45, 2.75) is 52.1 Å². The molecule has 0 aromatic rings. The maximum atomic E-state index is 12.1. The molecule has 0 saturated carbocycles. The van der Waals surface area contributed by atoms with E-state index in [0.717, 1.165) is 12.8 Å². The third kappa shape index (κ3) is 3.97. The molecule has 7 nitrogen and oxygen atoms in total. The highest BCUT2D eigenvalue weighted by molar-refractivity contribution is 6.02.